The highest BCUT2D eigenvalue weighted by Crippen LogP contribution is 2.25. The molecule has 0 aliphatic heterocycles. The fourth-order valence-electron chi connectivity index (χ4n) is 1.50. The molecule has 2 aromatic heterocycles. The minimum Gasteiger partial charge on any atom is -0.508 e. The topological polar surface area (TPSA) is 76.4 Å². The second-order valence-corrected chi connectivity index (χ2v) is 5.22. The maximum atomic E-state index is 9.22. The van der Waals surface area contributed by atoms with Crippen molar-refractivity contribution < 1.29 is 5.11 Å². The van der Waals surface area contributed by atoms with Gasteiger partial charge in [0.25, 0.3) is 0 Å². The van der Waals surface area contributed by atoms with Crippen molar-refractivity contribution in [3.05, 3.63) is 30.5 Å². The van der Waals surface area contributed by atoms with E-state index >= 15 is 0 Å². The van der Waals surface area contributed by atoms with Crippen molar-refractivity contribution in [3.63, 3.8) is 0 Å². The molecular formula is C10H8N4OS2. The molecule has 3 rings (SSSR count). The van der Waals surface area contributed by atoms with E-state index in [1.54, 1.807) is 16.6 Å². The lowest BCUT2D eigenvalue weighted by Crippen LogP contribution is -1.82. The van der Waals surface area contributed by atoms with Crippen molar-refractivity contribution in [2.24, 2.45) is 5.14 Å². The van der Waals surface area contributed by atoms with Gasteiger partial charge in [-0.15, -0.1) is 5.10 Å². The molecule has 0 saturated heterocycles. The van der Waals surface area contributed by atoms with Gasteiger partial charge in [-0.2, -0.15) is 0 Å². The van der Waals surface area contributed by atoms with Gasteiger partial charge in [0.15, 0.2) is 4.34 Å². The fraction of sp³-hybridized carbons (Fsp3) is 0. The Morgan fingerprint density at radius 3 is 2.71 bits per heavy atom. The Bertz CT molecular complexity index is 627. The van der Waals surface area contributed by atoms with Crippen LogP contribution in [0.25, 0.3) is 16.2 Å². The van der Waals surface area contributed by atoms with E-state index in [4.69, 9.17) is 5.14 Å². The molecule has 0 unspecified atom stereocenters. The smallest absolute Gasteiger partial charge is 0.213 e. The van der Waals surface area contributed by atoms with Crippen LogP contribution in [-0.2, 0) is 0 Å². The number of aromatic nitrogens is 3. The summed E-state index contributed by atoms with van der Waals surface area (Å²) in [6.07, 6.45) is 1.85. The number of rotatable bonds is 2. The van der Waals surface area contributed by atoms with Crippen LogP contribution in [0.15, 0.2) is 34.8 Å². The minimum absolute atomic E-state index is 0.245. The Kier molecular flexibility index (Phi) is 2.50. The van der Waals surface area contributed by atoms with E-state index in [-0.39, 0.29) is 5.75 Å². The molecule has 3 N–H and O–H groups in total. The Morgan fingerprint density at radius 2 is 2.06 bits per heavy atom. The average Bonchev–Trinajstić information content (AvgIpc) is 2.87. The van der Waals surface area contributed by atoms with Gasteiger partial charge in [0, 0.05) is 5.56 Å². The zero-order valence-corrected chi connectivity index (χ0v) is 10.2. The molecular weight excluding hydrogens is 256 g/mol. The first-order chi connectivity index (χ1) is 8.26. The second-order valence-electron chi connectivity index (χ2n) is 3.39. The van der Waals surface area contributed by atoms with Gasteiger partial charge in [-0.25, -0.2) is 9.50 Å². The van der Waals surface area contributed by atoms with Crippen LogP contribution in [-0.4, -0.2) is 19.7 Å². The highest BCUT2D eigenvalue weighted by Gasteiger charge is 2.09. The van der Waals surface area contributed by atoms with Crippen LogP contribution in [0.3, 0.4) is 0 Å². The average molecular weight is 264 g/mol. The molecule has 0 saturated carbocycles. The minimum atomic E-state index is 0.245. The molecule has 0 fully saturated rings. The number of fused-ring (bicyclic) bond motifs is 1. The van der Waals surface area contributed by atoms with Crippen molar-refractivity contribution in [1.29, 1.82) is 0 Å². The largest absolute Gasteiger partial charge is 0.508 e. The van der Waals surface area contributed by atoms with E-state index in [0.29, 0.717) is 0 Å². The summed E-state index contributed by atoms with van der Waals surface area (Å²) in [5.41, 5.74) is 1.78. The van der Waals surface area contributed by atoms with Crippen molar-refractivity contribution in [3.8, 4) is 17.0 Å². The first-order valence-electron chi connectivity index (χ1n) is 4.78. The molecule has 0 atom stereocenters. The Labute approximate surface area is 105 Å². The summed E-state index contributed by atoms with van der Waals surface area (Å²) < 4.78 is 2.49. The number of phenolic OH excluding ortho intramolecular Hbond substituents is 1. The monoisotopic (exact) mass is 264 g/mol. The quantitative estimate of drug-likeness (QED) is 0.693. The molecule has 3 aromatic rings. The van der Waals surface area contributed by atoms with Crippen LogP contribution in [0.5, 0.6) is 5.75 Å². The summed E-state index contributed by atoms with van der Waals surface area (Å²) in [4.78, 5) is 5.26. The van der Waals surface area contributed by atoms with E-state index in [2.05, 4.69) is 10.1 Å². The summed E-state index contributed by atoms with van der Waals surface area (Å²) in [6, 6.07) is 6.91. The molecule has 86 valence electrons. The van der Waals surface area contributed by atoms with Gasteiger partial charge >= 0.3 is 0 Å². The molecule has 1 aromatic carbocycles. The van der Waals surface area contributed by atoms with E-state index in [1.165, 1.54) is 11.3 Å². The van der Waals surface area contributed by atoms with Gasteiger partial charge in [-0.1, -0.05) is 11.3 Å². The van der Waals surface area contributed by atoms with E-state index in [1.807, 2.05) is 18.3 Å². The van der Waals surface area contributed by atoms with Crippen molar-refractivity contribution in [2.75, 3.05) is 0 Å². The first-order valence-corrected chi connectivity index (χ1v) is 6.48. The summed E-state index contributed by atoms with van der Waals surface area (Å²) in [7, 11) is 0. The third-order valence-electron chi connectivity index (χ3n) is 2.29. The molecule has 0 spiro atoms. The van der Waals surface area contributed by atoms with E-state index < -0.39 is 0 Å². The molecule has 0 radical (unpaired) electrons. The van der Waals surface area contributed by atoms with Gasteiger partial charge < -0.3 is 5.11 Å². The molecule has 0 aliphatic carbocycles. The summed E-state index contributed by atoms with van der Waals surface area (Å²) >= 11 is 2.56. The number of imidazole rings is 1. The zero-order valence-electron chi connectivity index (χ0n) is 8.57. The van der Waals surface area contributed by atoms with Crippen molar-refractivity contribution in [2.45, 2.75) is 4.34 Å². The molecule has 7 heteroatoms. The van der Waals surface area contributed by atoms with Crippen molar-refractivity contribution >= 4 is 28.2 Å². The van der Waals surface area contributed by atoms with Gasteiger partial charge in [-0.05, 0) is 36.2 Å². The van der Waals surface area contributed by atoms with Gasteiger partial charge in [-0.3, -0.25) is 5.14 Å². The predicted molar refractivity (Wildman–Crippen MR) is 68.0 cm³/mol. The standard InChI is InChI=1S/C10H8N4OS2/c11-17-10-13-14-5-8(12-9(14)16-10)6-1-3-7(15)4-2-6/h1-5,15H,11H2. The number of hydrogen-bond acceptors (Lipinski definition) is 6. The number of phenols is 1. The highest BCUT2D eigenvalue weighted by atomic mass is 32.2. The van der Waals surface area contributed by atoms with Crippen LogP contribution in [0.4, 0.5) is 0 Å². The highest BCUT2D eigenvalue weighted by molar-refractivity contribution is 7.98. The number of hydrogen-bond donors (Lipinski definition) is 2. The van der Waals surface area contributed by atoms with Crippen molar-refractivity contribution in [1.82, 2.24) is 14.6 Å². The van der Waals surface area contributed by atoms with Gasteiger partial charge in [0.2, 0.25) is 4.96 Å². The summed E-state index contributed by atoms with van der Waals surface area (Å²) in [5.74, 6) is 0.245. The van der Waals surface area contributed by atoms with E-state index in [9.17, 15) is 5.11 Å². The summed E-state index contributed by atoms with van der Waals surface area (Å²) in [5, 5.41) is 18.9. The lowest BCUT2D eigenvalue weighted by Gasteiger charge is -1.95. The lowest BCUT2D eigenvalue weighted by atomic mass is 10.2. The van der Waals surface area contributed by atoms with Gasteiger partial charge in [0.1, 0.15) is 5.75 Å². The van der Waals surface area contributed by atoms with Crippen LogP contribution >= 0.6 is 23.3 Å². The fourth-order valence-corrected chi connectivity index (χ4v) is 2.67. The third-order valence-corrected chi connectivity index (χ3v) is 3.83. The predicted octanol–water partition coefficient (Wildman–Crippen LogP) is 2.13. The molecule has 5 nitrogen and oxygen atoms in total. The number of nitrogens with two attached hydrogens (primary N) is 1. The number of aromatic hydroxyl groups is 1. The van der Waals surface area contributed by atoms with Crippen LogP contribution in [0.1, 0.15) is 0 Å². The molecule has 0 bridgehead atoms. The number of benzene rings is 1. The molecule has 17 heavy (non-hydrogen) atoms. The third kappa shape index (κ3) is 1.88. The normalized spacial score (nSPS) is 11.1. The maximum Gasteiger partial charge on any atom is 0.213 e. The van der Waals surface area contributed by atoms with E-state index in [0.717, 1.165) is 32.5 Å². The molecule has 2 heterocycles. The Morgan fingerprint density at radius 1 is 1.29 bits per heavy atom. The van der Waals surface area contributed by atoms with Crippen LogP contribution in [0.2, 0.25) is 0 Å². The molecule has 0 aliphatic rings. The SMILES string of the molecule is NSc1nn2cc(-c3ccc(O)cc3)nc2s1. The van der Waals surface area contributed by atoms with Crippen LogP contribution < -0.4 is 5.14 Å². The number of nitrogens with zero attached hydrogens (tertiary/aromatic N) is 3. The van der Waals surface area contributed by atoms with Gasteiger partial charge in [0.05, 0.1) is 11.9 Å². The zero-order chi connectivity index (χ0) is 11.8. The maximum absolute atomic E-state index is 9.22. The first kappa shape index (κ1) is 10.6. The summed E-state index contributed by atoms with van der Waals surface area (Å²) in [6.45, 7) is 0. The Balaban J connectivity index is 2.06. The Hall–Kier alpha value is -1.57. The molecule has 0 amide bonds. The van der Waals surface area contributed by atoms with Crippen LogP contribution in [0, 0.1) is 0 Å². The second kappa shape index (κ2) is 4.02. The lowest BCUT2D eigenvalue weighted by molar-refractivity contribution is 0.475.